The van der Waals surface area contributed by atoms with Crippen LogP contribution in [0, 0.1) is 5.82 Å². The molecule has 0 spiro atoms. The van der Waals surface area contributed by atoms with E-state index in [1.54, 1.807) is 30.5 Å². The van der Waals surface area contributed by atoms with E-state index in [-0.39, 0.29) is 35.9 Å². The number of benzene rings is 1. The van der Waals surface area contributed by atoms with E-state index < -0.39 is 0 Å². The van der Waals surface area contributed by atoms with Crippen LogP contribution in [0.4, 0.5) is 21.6 Å². The van der Waals surface area contributed by atoms with Gasteiger partial charge < -0.3 is 16.8 Å². The number of rotatable bonds is 6. The van der Waals surface area contributed by atoms with Gasteiger partial charge in [0, 0.05) is 30.9 Å². The predicted octanol–water partition coefficient (Wildman–Crippen LogP) is 3.47. The van der Waals surface area contributed by atoms with E-state index in [4.69, 9.17) is 23.1 Å². The zero-order valence-corrected chi connectivity index (χ0v) is 15.0. The SMILES string of the molecule is Nc1cc(Cl)cnc1C(=O)Cc1ccc(F)c(CNc2cccnc2N)c1. The van der Waals surface area contributed by atoms with Crippen LogP contribution in [-0.4, -0.2) is 15.8 Å². The maximum atomic E-state index is 14.1. The van der Waals surface area contributed by atoms with Gasteiger partial charge in [-0.1, -0.05) is 23.7 Å². The minimum absolute atomic E-state index is 0.0428. The van der Waals surface area contributed by atoms with Crippen LogP contribution in [0.25, 0.3) is 0 Å². The normalized spacial score (nSPS) is 10.6. The molecule has 1 aromatic carbocycles. The van der Waals surface area contributed by atoms with Crippen LogP contribution >= 0.6 is 11.6 Å². The molecular weight excluding hydrogens is 369 g/mol. The van der Waals surface area contributed by atoms with Crippen molar-refractivity contribution in [2.24, 2.45) is 0 Å². The molecule has 0 amide bonds. The molecule has 0 saturated carbocycles. The van der Waals surface area contributed by atoms with Crippen molar-refractivity contribution in [1.29, 1.82) is 0 Å². The number of ketones is 1. The Hall–Kier alpha value is -3.19. The molecule has 6 nitrogen and oxygen atoms in total. The smallest absolute Gasteiger partial charge is 0.187 e. The molecule has 2 heterocycles. The lowest BCUT2D eigenvalue weighted by Crippen LogP contribution is -2.10. The number of nitrogens with zero attached hydrogens (tertiary/aromatic N) is 2. The van der Waals surface area contributed by atoms with Crippen LogP contribution in [0.15, 0.2) is 48.8 Å². The third-order valence-electron chi connectivity index (χ3n) is 3.93. The van der Waals surface area contributed by atoms with Crippen LogP contribution in [-0.2, 0) is 13.0 Å². The largest absolute Gasteiger partial charge is 0.397 e. The Balaban J connectivity index is 1.74. The highest BCUT2D eigenvalue weighted by Gasteiger charge is 2.14. The van der Waals surface area contributed by atoms with Crippen LogP contribution < -0.4 is 16.8 Å². The van der Waals surface area contributed by atoms with Gasteiger partial charge in [0.2, 0.25) is 0 Å². The van der Waals surface area contributed by atoms with Gasteiger partial charge in [-0.25, -0.2) is 14.4 Å². The molecule has 0 aliphatic rings. The zero-order valence-electron chi connectivity index (χ0n) is 14.2. The monoisotopic (exact) mass is 385 g/mol. The molecule has 3 aromatic rings. The van der Waals surface area contributed by atoms with Crippen molar-refractivity contribution in [2.45, 2.75) is 13.0 Å². The first kappa shape index (κ1) is 18.6. The van der Waals surface area contributed by atoms with Crippen LogP contribution in [0.1, 0.15) is 21.6 Å². The zero-order chi connectivity index (χ0) is 19.4. The first-order chi connectivity index (χ1) is 12.9. The van der Waals surface area contributed by atoms with E-state index in [0.717, 1.165) is 0 Å². The number of anilines is 3. The Bertz CT molecular complexity index is 996. The fraction of sp³-hybridized carbons (Fsp3) is 0.105. The summed E-state index contributed by atoms with van der Waals surface area (Å²) in [4.78, 5) is 20.4. The molecule has 5 N–H and O–H groups in total. The number of aromatic nitrogens is 2. The second-order valence-electron chi connectivity index (χ2n) is 5.91. The predicted molar refractivity (Wildman–Crippen MR) is 104 cm³/mol. The van der Waals surface area contributed by atoms with Gasteiger partial charge in [0.25, 0.3) is 0 Å². The van der Waals surface area contributed by atoms with Gasteiger partial charge in [0.1, 0.15) is 17.3 Å². The standard InChI is InChI=1S/C19H17ClFN5O/c20-13-8-15(22)18(26-10-13)17(27)7-11-3-4-14(21)12(6-11)9-25-16-2-1-5-24-19(16)23/h1-6,8,10,25H,7,9,22H2,(H2,23,24). The molecule has 0 fully saturated rings. The van der Waals surface area contributed by atoms with Crippen molar-refractivity contribution in [3.8, 4) is 0 Å². The molecule has 0 unspecified atom stereocenters. The maximum absolute atomic E-state index is 14.1. The van der Waals surface area contributed by atoms with Gasteiger partial charge in [-0.3, -0.25) is 4.79 Å². The van der Waals surface area contributed by atoms with Gasteiger partial charge in [0.15, 0.2) is 5.78 Å². The molecule has 0 saturated heterocycles. The van der Waals surface area contributed by atoms with E-state index in [9.17, 15) is 9.18 Å². The van der Waals surface area contributed by atoms with Crippen molar-refractivity contribution in [3.63, 3.8) is 0 Å². The summed E-state index contributed by atoms with van der Waals surface area (Å²) < 4.78 is 14.1. The lowest BCUT2D eigenvalue weighted by atomic mass is 10.0. The Morgan fingerprint density at radius 2 is 2.00 bits per heavy atom. The number of nitrogens with two attached hydrogens (primary N) is 2. The Morgan fingerprint density at radius 3 is 2.74 bits per heavy atom. The molecule has 8 heteroatoms. The van der Waals surface area contributed by atoms with Gasteiger partial charge in [-0.2, -0.15) is 0 Å². The quantitative estimate of drug-likeness (QED) is 0.561. The first-order valence-corrected chi connectivity index (χ1v) is 8.47. The number of nitrogens with one attached hydrogen (secondary N) is 1. The highest BCUT2D eigenvalue weighted by molar-refractivity contribution is 6.30. The summed E-state index contributed by atoms with van der Waals surface area (Å²) in [6, 6.07) is 9.46. The van der Waals surface area contributed by atoms with Crippen molar-refractivity contribution in [3.05, 3.63) is 76.5 Å². The number of carbonyl (C=O) groups excluding carboxylic acids is 1. The summed E-state index contributed by atoms with van der Waals surface area (Å²) in [6.07, 6.45) is 2.98. The minimum atomic E-state index is -0.384. The van der Waals surface area contributed by atoms with E-state index in [0.29, 0.717) is 27.7 Å². The number of hydrogen-bond acceptors (Lipinski definition) is 6. The fourth-order valence-corrected chi connectivity index (χ4v) is 2.75. The summed E-state index contributed by atoms with van der Waals surface area (Å²) in [5, 5.41) is 3.39. The fourth-order valence-electron chi connectivity index (χ4n) is 2.59. The molecule has 2 aromatic heterocycles. The summed E-state index contributed by atoms with van der Waals surface area (Å²) in [5.74, 6) is -0.329. The topological polar surface area (TPSA) is 107 Å². The molecule has 0 radical (unpaired) electrons. The van der Waals surface area contributed by atoms with Crippen LogP contribution in [0.3, 0.4) is 0 Å². The summed E-state index contributed by atoms with van der Waals surface area (Å²) >= 11 is 5.80. The van der Waals surface area contributed by atoms with E-state index in [1.807, 2.05) is 0 Å². The van der Waals surface area contributed by atoms with Crippen molar-refractivity contribution in [2.75, 3.05) is 16.8 Å². The molecule has 27 heavy (non-hydrogen) atoms. The lowest BCUT2D eigenvalue weighted by Gasteiger charge is -2.11. The molecule has 0 atom stereocenters. The molecule has 3 rings (SSSR count). The van der Waals surface area contributed by atoms with Gasteiger partial charge in [0.05, 0.1) is 16.4 Å². The number of hydrogen-bond donors (Lipinski definition) is 3. The van der Waals surface area contributed by atoms with E-state index in [2.05, 4.69) is 15.3 Å². The summed E-state index contributed by atoms with van der Waals surface area (Å²) in [5.41, 5.74) is 13.6. The van der Waals surface area contributed by atoms with Crippen molar-refractivity contribution < 1.29 is 9.18 Å². The van der Waals surface area contributed by atoms with Crippen molar-refractivity contribution >= 4 is 34.6 Å². The number of Topliss-reactive ketones (excluding diaryl/α,β-unsaturated/α-hetero) is 1. The molecule has 0 aliphatic heterocycles. The van der Waals surface area contributed by atoms with Gasteiger partial charge in [-0.15, -0.1) is 0 Å². The number of halogens is 2. The molecule has 0 bridgehead atoms. The van der Waals surface area contributed by atoms with Crippen LogP contribution in [0.5, 0.6) is 0 Å². The number of carbonyl (C=O) groups is 1. The highest BCUT2D eigenvalue weighted by Crippen LogP contribution is 2.20. The average molecular weight is 386 g/mol. The van der Waals surface area contributed by atoms with E-state index in [1.165, 1.54) is 18.3 Å². The van der Waals surface area contributed by atoms with Gasteiger partial charge >= 0.3 is 0 Å². The second kappa shape index (κ2) is 8.01. The molecular formula is C19H17ClFN5O. The number of pyridine rings is 2. The molecule has 138 valence electrons. The van der Waals surface area contributed by atoms with Crippen molar-refractivity contribution in [1.82, 2.24) is 9.97 Å². The van der Waals surface area contributed by atoms with Gasteiger partial charge in [-0.05, 0) is 29.8 Å². The molecule has 0 aliphatic carbocycles. The summed E-state index contributed by atoms with van der Waals surface area (Å²) in [6.45, 7) is 0.199. The Morgan fingerprint density at radius 1 is 1.19 bits per heavy atom. The average Bonchev–Trinajstić information content (AvgIpc) is 2.63. The third kappa shape index (κ3) is 4.51. The maximum Gasteiger partial charge on any atom is 0.187 e. The number of nitrogen functional groups attached to an aromatic ring is 2. The third-order valence-corrected chi connectivity index (χ3v) is 4.14. The minimum Gasteiger partial charge on any atom is -0.397 e. The highest BCUT2D eigenvalue weighted by atomic mass is 35.5. The lowest BCUT2D eigenvalue weighted by molar-refractivity contribution is 0.0989. The second-order valence-corrected chi connectivity index (χ2v) is 6.34. The first-order valence-electron chi connectivity index (χ1n) is 8.10. The summed E-state index contributed by atoms with van der Waals surface area (Å²) in [7, 11) is 0. The van der Waals surface area contributed by atoms with E-state index >= 15 is 0 Å². The Labute approximate surface area is 160 Å². The van der Waals surface area contributed by atoms with Crippen LogP contribution in [0.2, 0.25) is 5.02 Å². The Kier molecular flexibility index (Phi) is 5.52.